The second kappa shape index (κ2) is 6.39. The van der Waals surface area contributed by atoms with Crippen molar-refractivity contribution in [2.45, 2.75) is 11.8 Å². The molecule has 0 aliphatic rings. The molecule has 18 heavy (non-hydrogen) atoms. The molecule has 0 bridgehead atoms. The van der Waals surface area contributed by atoms with Crippen LogP contribution >= 0.6 is 11.8 Å². The van der Waals surface area contributed by atoms with Crippen molar-refractivity contribution in [2.75, 3.05) is 19.3 Å². The average Bonchev–Trinajstić information content (AvgIpc) is 2.36. The summed E-state index contributed by atoms with van der Waals surface area (Å²) in [6, 6.07) is 3.80. The maximum atomic E-state index is 13.1. The van der Waals surface area contributed by atoms with Gasteiger partial charge < -0.3 is 10.0 Å². The van der Waals surface area contributed by atoms with Crippen LogP contribution in [0.15, 0.2) is 23.1 Å². The van der Waals surface area contributed by atoms with Crippen molar-refractivity contribution in [3.05, 3.63) is 29.6 Å². The number of benzene rings is 1. The smallest absolute Gasteiger partial charge is 0.338 e. The molecule has 0 aromatic heterocycles. The summed E-state index contributed by atoms with van der Waals surface area (Å²) in [6.45, 7) is 2.48. The summed E-state index contributed by atoms with van der Waals surface area (Å²) in [5.74, 6) is -1.94. The number of carboxylic acids is 1. The minimum absolute atomic E-state index is 0.0521. The van der Waals surface area contributed by atoms with Crippen LogP contribution in [0, 0.1) is 5.82 Å². The van der Waals surface area contributed by atoms with E-state index in [2.05, 4.69) is 0 Å². The Morgan fingerprint density at radius 1 is 1.44 bits per heavy atom. The molecule has 0 atom stereocenters. The second-order valence-corrected chi connectivity index (χ2v) is 4.69. The van der Waals surface area contributed by atoms with Gasteiger partial charge in [0.15, 0.2) is 0 Å². The van der Waals surface area contributed by atoms with Crippen LogP contribution in [0.2, 0.25) is 0 Å². The molecule has 0 heterocycles. The Hall–Kier alpha value is -1.56. The molecule has 1 amide bonds. The zero-order chi connectivity index (χ0) is 13.7. The topological polar surface area (TPSA) is 57.6 Å². The number of halogens is 1. The number of rotatable bonds is 5. The van der Waals surface area contributed by atoms with Gasteiger partial charge >= 0.3 is 5.97 Å². The lowest BCUT2D eigenvalue weighted by molar-refractivity contribution is -0.126. The average molecular weight is 271 g/mol. The SMILES string of the molecule is CCN(C)C(=O)CSc1ccc(F)c(C(=O)O)c1. The molecular weight excluding hydrogens is 257 g/mol. The fourth-order valence-electron chi connectivity index (χ4n) is 1.19. The van der Waals surface area contributed by atoms with Crippen molar-refractivity contribution in [1.29, 1.82) is 0 Å². The first kappa shape index (κ1) is 14.5. The number of carbonyl (C=O) groups is 2. The van der Waals surface area contributed by atoms with Crippen LogP contribution in [-0.2, 0) is 4.79 Å². The van der Waals surface area contributed by atoms with Crippen molar-refractivity contribution in [3.8, 4) is 0 Å². The van der Waals surface area contributed by atoms with Crippen LogP contribution in [0.3, 0.4) is 0 Å². The molecule has 0 aliphatic carbocycles. The van der Waals surface area contributed by atoms with Crippen molar-refractivity contribution in [1.82, 2.24) is 4.90 Å². The van der Waals surface area contributed by atoms with Gasteiger partial charge in [-0.15, -0.1) is 11.8 Å². The highest BCUT2D eigenvalue weighted by atomic mass is 32.2. The first-order chi connectivity index (χ1) is 8.45. The third kappa shape index (κ3) is 3.73. The highest BCUT2D eigenvalue weighted by molar-refractivity contribution is 8.00. The maximum Gasteiger partial charge on any atom is 0.338 e. The minimum Gasteiger partial charge on any atom is -0.478 e. The van der Waals surface area contributed by atoms with Gasteiger partial charge in [-0.05, 0) is 25.1 Å². The highest BCUT2D eigenvalue weighted by Gasteiger charge is 2.12. The number of carbonyl (C=O) groups excluding carboxylic acids is 1. The lowest BCUT2D eigenvalue weighted by Gasteiger charge is -2.13. The van der Waals surface area contributed by atoms with E-state index < -0.39 is 11.8 Å². The molecule has 0 radical (unpaired) electrons. The van der Waals surface area contributed by atoms with Crippen LogP contribution in [0.5, 0.6) is 0 Å². The Balaban J connectivity index is 2.72. The zero-order valence-corrected chi connectivity index (χ0v) is 11.0. The summed E-state index contributed by atoms with van der Waals surface area (Å²) in [7, 11) is 1.69. The van der Waals surface area contributed by atoms with E-state index in [4.69, 9.17) is 5.11 Å². The Morgan fingerprint density at radius 3 is 2.67 bits per heavy atom. The molecule has 4 nitrogen and oxygen atoms in total. The molecule has 0 fully saturated rings. The highest BCUT2D eigenvalue weighted by Crippen LogP contribution is 2.21. The largest absolute Gasteiger partial charge is 0.478 e. The van der Waals surface area contributed by atoms with E-state index in [1.165, 1.54) is 23.9 Å². The summed E-state index contributed by atoms with van der Waals surface area (Å²) in [4.78, 5) is 24.4. The lowest BCUT2D eigenvalue weighted by atomic mass is 10.2. The molecule has 1 rings (SSSR count). The molecule has 0 spiro atoms. The Labute approximate surface area is 109 Å². The summed E-state index contributed by atoms with van der Waals surface area (Å²) in [5.41, 5.74) is -0.378. The minimum atomic E-state index is -1.31. The van der Waals surface area contributed by atoms with E-state index in [1.807, 2.05) is 6.92 Å². The fourth-order valence-corrected chi connectivity index (χ4v) is 2.07. The van der Waals surface area contributed by atoms with E-state index in [1.54, 1.807) is 11.9 Å². The molecular formula is C12H14FNO3S. The summed E-state index contributed by atoms with van der Waals surface area (Å²) in [5, 5.41) is 8.77. The maximum absolute atomic E-state index is 13.1. The molecule has 0 saturated heterocycles. The molecule has 0 unspecified atom stereocenters. The van der Waals surface area contributed by atoms with E-state index >= 15 is 0 Å². The van der Waals surface area contributed by atoms with Crippen LogP contribution in [0.25, 0.3) is 0 Å². The number of carboxylic acid groups (broad SMARTS) is 1. The third-order valence-corrected chi connectivity index (χ3v) is 3.41. The monoisotopic (exact) mass is 271 g/mol. The van der Waals surface area contributed by atoms with E-state index in [9.17, 15) is 14.0 Å². The van der Waals surface area contributed by atoms with Crippen molar-refractivity contribution in [3.63, 3.8) is 0 Å². The van der Waals surface area contributed by atoms with Crippen molar-refractivity contribution < 1.29 is 19.1 Å². The van der Waals surface area contributed by atoms with Gasteiger partial charge in [0.1, 0.15) is 5.82 Å². The number of hydrogen-bond donors (Lipinski definition) is 1. The second-order valence-electron chi connectivity index (χ2n) is 3.64. The van der Waals surface area contributed by atoms with Crippen LogP contribution in [0.4, 0.5) is 4.39 Å². The molecule has 98 valence electrons. The number of thioether (sulfide) groups is 1. The van der Waals surface area contributed by atoms with Crippen LogP contribution in [0.1, 0.15) is 17.3 Å². The summed E-state index contributed by atoms with van der Waals surface area (Å²) in [6.07, 6.45) is 0. The van der Waals surface area contributed by atoms with Gasteiger partial charge in [-0.2, -0.15) is 0 Å². The van der Waals surface area contributed by atoms with E-state index in [0.29, 0.717) is 11.4 Å². The number of nitrogens with zero attached hydrogens (tertiary/aromatic N) is 1. The van der Waals surface area contributed by atoms with Gasteiger partial charge in [-0.25, -0.2) is 9.18 Å². The van der Waals surface area contributed by atoms with Gasteiger partial charge in [-0.1, -0.05) is 0 Å². The predicted octanol–water partition coefficient (Wildman–Crippen LogP) is 2.09. The zero-order valence-electron chi connectivity index (χ0n) is 10.1. The Bertz CT molecular complexity index is 465. The predicted molar refractivity (Wildman–Crippen MR) is 67.4 cm³/mol. The molecule has 0 aliphatic heterocycles. The van der Waals surface area contributed by atoms with Gasteiger partial charge in [-0.3, -0.25) is 4.79 Å². The van der Waals surface area contributed by atoms with E-state index in [0.717, 1.165) is 6.07 Å². The molecule has 1 aromatic rings. The van der Waals surface area contributed by atoms with E-state index in [-0.39, 0.29) is 17.2 Å². The molecule has 0 saturated carbocycles. The van der Waals surface area contributed by atoms with Crippen molar-refractivity contribution >= 4 is 23.6 Å². The van der Waals surface area contributed by atoms with Crippen molar-refractivity contribution in [2.24, 2.45) is 0 Å². The van der Waals surface area contributed by atoms with Crippen LogP contribution in [-0.4, -0.2) is 41.2 Å². The first-order valence-electron chi connectivity index (χ1n) is 5.35. The molecule has 1 aromatic carbocycles. The molecule has 6 heteroatoms. The Morgan fingerprint density at radius 2 is 2.11 bits per heavy atom. The van der Waals surface area contributed by atoms with Gasteiger partial charge in [0, 0.05) is 18.5 Å². The molecule has 1 N–H and O–H groups in total. The normalized spacial score (nSPS) is 10.2. The Kier molecular flexibility index (Phi) is 5.15. The number of amides is 1. The summed E-state index contributed by atoms with van der Waals surface area (Å²) >= 11 is 1.19. The van der Waals surface area contributed by atoms with Gasteiger partial charge in [0.2, 0.25) is 5.91 Å². The third-order valence-electron chi connectivity index (χ3n) is 2.43. The number of aromatic carboxylic acids is 1. The summed E-state index contributed by atoms with van der Waals surface area (Å²) < 4.78 is 13.1. The van der Waals surface area contributed by atoms with Gasteiger partial charge in [0.05, 0.1) is 11.3 Å². The fraction of sp³-hybridized carbons (Fsp3) is 0.333. The standard InChI is InChI=1S/C12H14FNO3S/c1-3-14(2)11(15)7-18-8-4-5-10(13)9(6-8)12(16)17/h4-6H,3,7H2,1-2H3,(H,16,17). The first-order valence-corrected chi connectivity index (χ1v) is 6.33. The number of hydrogen-bond acceptors (Lipinski definition) is 3. The van der Waals surface area contributed by atoms with Crippen LogP contribution < -0.4 is 0 Å². The quantitative estimate of drug-likeness (QED) is 0.833. The van der Waals surface area contributed by atoms with Gasteiger partial charge in [0.25, 0.3) is 0 Å². The lowest BCUT2D eigenvalue weighted by Crippen LogP contribution is -2.27.